The highest BCUT2D eigenvalue weighted by molar-refractivity contribution is 7.99. The second-order valence-corrected chi connectivity index (χ2v) is 4.64. The number of nitrogens with two attached hydrogens (primary N) is 1. The third-order valence-corrected chi connectivity index (χ3v) is 3.54. The van der Waals surface area contributed by atoms with Crippen molar-refractivity contribution in [3.63, 3.8) is 0 Å². The summed E-state index contributed by atoms with van der Waals surface area (Å²) in [5, 5.41) is 0. The van der Waals surface area contributed by atoms with Gasteiger partial charge >= 0.3 is 0 Å². The summed E-state index contributed by atoms with van der Waals surface area (Å²) in [6.45, 7) is 1.99. The van der Waals surface area contributed by atoms with E-state index >= 15 is 0 Å². The van der Waals surface area contributed by atoms with Gasteiger partial charge in [0, 0.05) is 15.5 Å². The van der Waals surface area contributed by atoms with Crippen molar-refractivity contribution in [2.24, 2.45) is 0 Å². The molecule has 2 rings (SSSR count). The molecule has 0 heterocycles. The van der Waals surface area contributed by atoms with E-state index in [1.54, 1.807) is 23.9 Å². The smallest absolute Gasteiger partial charge is 0.123 e. The van der Waals surface area contributed by atoms with Gasteiger partial charge in [-0.05, 0) is 48.9 Å². The topological polar surface area (TPSA) is 26.0 Å². The Morgan fingerprint density at radius 3 is 2.44 bits per heavy atom. The summed E-state index contributed by atoms with van der Waals surface area (Å²) in [7, 11) is 0. The average Bonchev–Trinajstić information content (AvgIpc) is 2.28. The fraction of sp³-hybridized carbons (Fsp3) is 0.0769. The van der Waals surface area contributed by atoms with Crippen LogP contribution in [0.4, 0.5) is 10.1 Å². The van der Waals surface area contributed by atoms with Crippen LogP contribution >= 0.6 is 11.8 Å². The molecular formula is C13H12FNS. The predicted octanol–water partition coefficient (Wildman–Crippen LogP) is 3.87. The molecule has 0 aliphatic carbocycles. The van der Waals surface area contributed by atoms with Crippen LogP contribution in [0.3, 0.4) is 0 Å². The van der Waals surface area contributed by atoms with Crippen LogP contribution in [0, 0.1) is 12.7 Å². The number of benzene rings is 2. The molecule has 3 heteroatoms. The Hall–Kier alpha value is -1.48. The van der Waals surface area contributed by atoms with E-state index in [4.69, 9.17) is 5.73 Å². The van der Waals surface area contributed by atoms with Crippen LogP contribution in [-0.4, -0.2) is 0 Å². The van der Waals surface area contributed by atoms with Gasteiger partial charge in [0.05, 0.1) is 0 Å². The summed E-state index contributed by atoms with van der Waals surface area (Å²) in [6, 6.07) is 12.3. The van der Waals surface area contributed by atoms with Crippen LogP contribution in [0.25, 0.3) is 0 Å². The Labute approximate surface area is 98.5 Å². The van der Waals surface area contributed by atoms with E-state index in [1.807, 2.05) is 25.1 Å². The van der Waals surface area contributed by atoms with E-state index in [0.29, 0.717) is 0 Å². The standard InChI is InChI=1S/C13H12FNS/c1-9-12(15)3-2-4-13(9)16-11-7-5-10(14)6-8-11/h2-8H,15H2,1H3. The normalized spacial score (nSPS) is 10.4. The average molecular weight is 233 g/mol. The molecule has 0 spiro atoms. The fourth-order valence-electron chi connectivity index (χ4n) is 1.37. The van der Waals surface area contributed by atoms with Gasteiger partial charge in [-0.1, -0.05) is 17.8 Å². The first kappa shape index (κ1) is 11.0. The minimum Gasteiger partial charge on any atom is -0.398 e. The molecule has 0 fully saturated rings. The molecule has 82 valence electrons. The van der Waals surface area contributed by atoms with E-state index in [9.17, 15) is 4.39 Å². The van der Waals surface area contributed by atoms with Gasteiger partial charge in [-0.3, -0.25) is 0 Å². The van der Waals surface area contributed by atoms with Crippen molar-refractivity contribution >= 4 is 17.4 Å². The minimum atomic E-state index is -0.214. The summed E-state index contributed by atoms with van der Waals surface area (Å²) >= 11 is 1.59. The first-order valence-corrected chi connectivity index (χ1v) is 5.77. The molecule has 0 aliphatic heterocycles. The molecule has 0 saturated carbocycles. The SMILES string of the molecule is Cc1c(N)cccc1Sc1ccc(F)cc1. The number of halogens is 1. The van der Waals surface area contributed by atoms with E-state index < -0.39 is 0 Å². The third-order valence-electron chi connectivity index (χ3n) is 2.37. The molecule has 2 aromatic rings. The third kappa shape index (κ3) is 2.36. The number of anilines is 1. The number of nitrogen functional groups attached to an aromatic ring is 1. The Bertz CT molecular complexity index is 494. The molecule has 0 radical (unpaired) electrons. The summed E-state index contributed by atoms with van der Waals surface area (Å²) < 4.78 is 12.7. The van der Waals surface area contributed by atoms with Crippen molar-refractivity contribution in [1.82, 2.24) is 0 Å². The van der Waals surface area contributed by atoms with Crippen molar-refractivity contribution in [2.75, 3.05) is 5.73 Å². The second kappa shape index (κ2) is 4.58. The largest absolute Gasteiger partial charge is 0.398 e. The highest BCUT2D eigenvalue weighted by Gasteiger charge is 2.03. The van der Waals surface area contributed by atoms with Crippen molar-refractivity contribution in [3.8, 4) is 0 Å². The van der Waals surface area contributed by atoms with E-state index in [0.717, 1.165) is 21.0 Å². The Balaban J connectivity index is 2.27. The number of hydrogen-bond donors (Lipinski definition) is 1. The Kier molecular flexibility index (Phi) is 3.15. The van der Waals surface area contributed by atoms with Gasteiger partial charge in [0.25, 0.3) is 0 Å². The quantitative estimate of drug-likeness (QED) is 0.797. The monoisotopic (exact) mass is 233 g/mol. The summed E-state index contributed by atoms with van der Waals surface area (Å²) in [5.74, 6) is -0.214. The van der Waals surface area contributed by atoms with Gasteiger partial charge in [0.2, 0.25) is 0 Å². The maximum Gasteiger partial charge on any atom is 0.123 e. The number of hydrogen-bond acceptors (Lipinski definition) is 2. The Morgan fingerprint density at radius 1 is 1.06 bits per heavy atom. The van der Waals surface area contributed by atoms with Crippen LogP contribution in [0.2, 0.25) is 0 Å². The molecule has 0 aromatic heterocycles. The molecule has 2 N–H and O–H groups in total. The van der Waals surface area contributed by atoms with Crippen LogP contribution in [-0.2, 0) is 0 Å². The molecule has 0 saturated heterocycles. The molecule has 1 nitrogen and oxygen atoms in total. The van der Waals surface area contributed by atoms with Crippen molar-refractivity contribution in [1.29, 1.82) is 0 Å². The van der Waals surface area contributed by atoms with Crippen molar-refractivity contribution < 1.29 is 4.39 Å². The first-order chi connectivity index (χ1) is 7.66. The molecule has 0 bridgehead atoms. The van der Waals surface area contributed by atoms with E-state index in [2.05, 4.69) is 0 Å². The Morgan fingerprint density at radius 2 is 1.75 bits per heavy atom. The molecule has 0 atom stereocenters. The van der Waals surface area contributed by atoms with Gasteiger partial charge in [-0.25, -0.2) is 4.39 Å². The lowest BCUT2D eigenvalue weighted by molar-refractivity contribution is 0.626. The molecule has 2 aromatic carbocycles. The second-order valence-electron chi connectivity index (χ2n) is 3.53. The van der Waals surface area contributed by atoms with Crippen LogP contribution in [0.15, 0.2) is 52.3 Å². The van der Waals surface area contributed by atoms with Gasteiger partial charge in [0.1, 0.15) is 5.82 Å². The molecular weight excluding hydrogens is 221 g/mol. The van der Waals surface area contributed by atoms with Gasteiger partial charge in [0.15, 0.2) is 0 Å². The summed E-state index contributed by atoms with van der Waals surface area (Å²) in [4.78, 5) is 2.11. The first-order valence-electron chi connectivity index (χ1n) is 4.95. The summed E-state index contributed by atoms with van der Waals surface area (Å²) in [5.41, 5.74) is 7.68. The summed E-state index contributed by atoms with van der Waals surface area (Å²) in [6.07, 6.45) is 0. The van der Waals surface area contributed by atoms with E-state index in [-0.39, 0.29) is 5.82 Å². The number of rotatable bonds is 2. The zero-order chi connectivity index (χ0) is 11.5. The lowest BCUT2D eigenvalue weighted by atomic mass is 10.2. The molecule has 0 aliphatic rings. The molecule has 0 unspecified atom stereocenters. The van der Waals surface area contributed by atoms with Crippen molar-refractivity contribution in [2.45, 2.75) is 16.7 Å². The van der Waals surface area contributed by atoms with Crippen LogP contribution < -0.4 is 5.73 Å². The predicted molar refractivity (Wildman–Crippen MR) is 66.1 cm³/mol. The zero-order valence-corrected chi connectivity index (χ0v) is 9.72. The van der Waals surface area contributed by atoms with Crippen molar-refractivity contribution in [3.05, 3.63) is 53.8 Å². The lowest BCUT2D eigenvalue weighted by Gasteiger charge is -2.07. The lowest BCUT2D eigenvalue weighted by Crippen LogP contribution is -1.90. The van der Waals surface area contributed by atoms with Crippen LogP contribution in [0.1, 0.15) is 5.56 Å². The highest BCUT2D eigenvalue weighted by Crippen LogP contribution is 2.32. The van der Waals surface area contributed by atoms with Crippen LogP contribution in [0.5, 0.6) is 0 Å². The zero-order valence-electron chi connectivity index (χ0n) is 8.91. The minimum absolute atomic E-state index is 0.214. The fourth-order valence-corrected chi connectivity index (χ4v) is 2.32. The van der Waals surface area contributed by atoms with Gasteiger partial charge < -0.3 is 5.73 Å². The highest BCUT2D eigenvalue weighted by atomic mass is 32.2. The van der Waals surface area contributed by atoms with E-state index in [1.165, 1.54) is 12.1 Å². The maximum atomic E-state index is 12.7. The molecule has 16 heavy (non-hydrogen) atoms. The van der Waals surface area contributed by atoms with Gasteiger partial charge in [-0.15, -0.1) is 0 Å². The molecule has 0 amide bonds. The maximum absolute atomic E-state index is 12.7. The van der Waals surface area contributed by atoms with Gasteiger partial charge in [-0.2, -0.15) is 0 Å².